The van der Waals surface area contributed by atoms with E-state index < -0.39 is 0 Å². The normalized spacial score (nSPS) is 12.6. The number of amides is 1. The number of hydrogen-bond donors (Lipinski definition) is 1. The van der Waals surface area contributed by atoms with Gasteiger partial charge in [-0.3, -0.25) is 4.79 Å². The third-order valence-corrected chi connectivity index (χ3v) is 2.32. The minimum Gasteiger partial charge on any atom is -0.356 e. The van der Waals surface area contributed by atoms with Crippen molar-refractivity contribution in [3.63, 3.8) is 0 Å². The van der Waals surface area contributed by atoms with Crippen molar-refractivity contribution < 1.29 is 4.79 Å². The minimum absolute atomic E-state index is 0.151. The predicted octanol–water partition coefficient (Wildman–Crippen LogP) is 1.51. The van der Waals surface area contributed by atoms with Gasteiger partial charge in [0.2, 0.25) is 5.91 Å². The van der Waals surface area contributed by atoms with Crippen LogP contribution in [-0.2, 0) is 4.79 Å². The monoisotopic (exact) mass is 175 g/mol. The van der Waals surface area contributed by atoms with Crippen LogP contribution in [0.3, 0.4) is 0 Å². The second-order valence-electron chi connectivity index (χ2n) is 2.72. The highest BCUT2D eigenvalue weighted by Gasteiger charge is 2.01. The lowest BCUT2D eigenvalue weighted by Crippen LogP contribution is -2.28. The highest BCUT2D eigenvalue weighted by atomic mass is 32.2. The Labute approximate surface area is 73.1 Å². The summed E-state index contributed by atoms with van der Waals surface area (Å²) in [6.07, 6.45) is 2.67. The zero-order valence-corrected chi connectivity index (χ0v) is 8.33. The lowest BCUT2D eigenvalue weighted by molar-refractivity contribution is -0.120. The third kappa shape index (κ3) is 6.23. The molecule has 0 bridgehead atoms. The number of hydrogen-bond acceptors (Lipinski definition) is 2. The van der Waals surface area contributed by atoms with Crippen LogP contribution in [-0.4, -0.2) is 24.5 Å². The molecular weight excluding hydrogens is 158 g/mol. The van der Waals surface area contributed by atoms with E-state index in [-0.39, 0.29) is 5.91 Å². The molecule has 1 amide bonds. The van der Waals surface area contributed by atoms with E-state index in [1.165, 1.54) is 0 Å². The maximum atomic E-state index is 10.8. The van der Waals surface area contributed by atoms with Gasteiger partial charge < -0.3 is 5.32 Å². The second kappa shape index (κ2) is 6.53. The van der Waals surface area contributed by atoms with E-state index in [4.69, 9.17) is 0 Å². The van der Waals surface area contributed by atoms with Crippen LogP contribution in [0.15, 0.2) is 0 Å². The van der Waals surface area contributed by atoms with Crippen LogP contribution >= 0.6 is 11.8 Å². The molecule has 0 aliphatic heterocycles. The van der Waals surface area contributed by atoms with Gasteiger partial charge in [-0.2, -0.15) is 11.8 Å². The summed E-state index contributed by atoms with van der Waals surface area (Å²) in [7, 11) is 0. The summed E-state index contributed by atoms with van der Waals surface area (Å²) in [6.45, 7) is 4.83. The molecule has 0 radical (unpaired) electrons. The van der Waals surface area contributed by atoms with Gasteiger partial charge in [0.1, 0.15) is 0 Å². The first kappa shape index (κ1) is 10.8. The average molecular weight is 175 g/mol. The molecule has 1 atom stereocenters. The van der Waals surface area contributed by atoms with E-state index in [0.717, 1.165) is 12.3 Å². The lowest BCUT2D eigenvalue weighted by atomic mass is 10.2. The molecule has 0 spiro atoms. The summed E-state index contributed by atoms with van der Waals surface area (Å²) in [5.74, 6) is 1.85. The van der Waals surface area contributed by atoms with Gasteiger partial charge >= 0.3 is 0 Å². The maximum Gasteiger partial charge on any atom is 0.219 e. The van der Waals surface area contributed by atoms with E-state index in [0.29, 0.717) is 12.3 Å². The van der Waals surface area contributed by atoms with Crippen molar-refractivity contribution in [2.45, 2.75) is 20.3 Å². The van der Waals surface area contributed by atoms with E-state index >= 15 is 0 Å². The van der Waals surface area contributed by atoms with E-state index in [9.17, 15) is 4.79 Å². The van der Waals surface area contributed by atoms with Gasteiger partial charge in [0.15, 0.2) is 0 Å². The SMILES string of the molecule is CCC(=O)NCC(C)CSC. The molecule has 1 unspecified atom stereocenters. The molecule has 2 nitrogen and oxygen atoms in total. The van der Waals surface area contributed by atoms with Crippen LogP contribution in [0.25, 0.3) is 0 Å². The Kier molecular flexibility index (Phi) is 6.42. The van der Waals surface area contributed by atoms with Crippen molar-refractivity contribution >= 4 is 17.7 Å². The molecule has 0 aromatic heterocycles. The van der Waals surface area contributed by atoms with Crippen molar-refractivity contribution in [3.05, 3.63) is 0 Å². The fourth-order valence-electron chi connectivity index (χ4n) is 0.757. The Balaban J connectivity index is 3.29. The van der Waals surface area contributed by atoms with Crippen molar-refractivity contribution in [1.29, 1.82) is 0 Å². The van der Waals surface area contributed by atoms with Gasteiger partial charge in [0.25, 0.3) is 0 Å². The lowest BCUT2D eigenvalue weighted by Gasteiger charge is -2.09. The maximum absolute atomic E-state index is 10.8. The Bertz CT molecular complexity index is 117. The van der Waals surface area contributed by atoms with Gasteiger partial charge in [-0.15, -0.1) is 0 Å². The Morgan fingerprint density at radius 1 is 1.64 bits per heavy atom. The number of thioether (sulfide) groups is 1. The predicted molar refractivity (Wildman–Crippen MR) is 50.8 cm³/mol. The Hall–Kier alpha value is -0.180. The highest BCUT2D eigenvalue weighted by molar-refractivity contribution is 7.98. The van der Waals surface area contributed by atoms with Crippen LogP contribution in [0.2, 0.25) is 0 Å². The van der Waals surface area contributed by atoms with Gasteiger partial charge in [0.05, 0.1) is 0 Å². The second-order valence-corrected chi connectivity index (χ2v) is 3.63. The fraction of sp³-hybridized carbons (Fsp3) is 0.875. The van der Waals surface area contributed by atoms with Crippen LogP contribution in [0.5, 0.6) is 0 Å². The van der Waals surface area contributed by atoms with Crippen molar-refractivity contribution in [2.75, 3.05) is 18.6 Å². The Morgan fingerprint density at radius 3 is 2.73 bits per heavy atom. The molecule has 0 aliphatic carbocycles. The topological polar surface area (TPSA) is 29.1 Å². The van der Waals surface area contributed by atoms with Gasteiger partial charge in [-0.1, -0.05) is 13.8 Å². The average Bonchev–Trinajstić information content (AvgIpc) is 2.01. The standard InChI is InChI=1S/C8H17NOS/c1-4-8(10)9-5-7(2)6-11-3/h7H,4-6H2,1-3H3,(H,9,10). The first-order chi connectivity index (χ1) is 5.20. The summed E-state index contributed by atoms with van der Waals surface area (Å²) < 4.78 is 0. The summed E-state index contributed by atoms with van der Waals surface area (Å²) in [5, 5.41) is 2.86. The number of carbonyl (C=O) groups is 1. The number of rotatable bonds is 5. The molecule has 66 valence electrons. The molecule has 0 aromatic carbocycles. The summed E-state index contributed by atoms with van der Waals surface area (Å²) >= 11 is 1.82. The van der Waals surface area contributed by atoms with E-state index in [1.54, 1.807) is 0 Å². The van der Waals surface area contributed by atoms with Crippen LogP contribution in [0.4, 0.5) is 0 Å². The van der Waals surface area contributed by atoms with Crippen LogP contribution in [0, 0.1) is 5.92 Å². The van der Waals surface area contributed by atoms with Gasteiger partial charge in [-0.25, -0.2) is 0 Å². The van der Waals surface area contributed by atoms with Crippen molar-refractivity contribution in [2.24, 2.45) is 5.92 Å². The molecule has 0 aliphatic rings. The molecule has 11 heavy (non-hydrogen) atoms. The molecule has 0 aromatic rings. The zero-order valence-electron chi connectivity index (χ0n) is 7.52. The smallest absolute Gasteiger partial charge is 0.219 e. The summed E-state index contributed by atoms with van der Waals surface area (Å²) in [4.78, 5) is 10.8. The summed E-state index contributed by atoms with van der Waals surface area (Å²) in [5.41, 5.74) is 0. The molecule has 0 saturated heterocycles. The Morgan fingerprint density at radius 2 is 2.27 bits per heavy atom. The molecular formula is C8H17NOS. The number of nitrogens with one attached hydrogen (secondary N) is 1. The van der Waals surface area contributed by atoms with Crippen LogP contribution in [0.1, 0.15) is 20.3 Å². The van der Waals surface area contributed by atoms with Crippen LogP contribution < -0.4 is 5.32 Å². The molecule has 0 saturated carbocycles. The fourth-order valence-corrected chi connectivity index (χ4v) is 1.44. The summed E-state index contributed by atoms with van der Waals surface area (Å²) in [6, 6.07) is 0. The van der Waals surface area contributed by atoms with E-state index in [1.807, 2.05) is 18.7 Å². The highest BCUT2D eigenvalue weighted by Crippen LogP contribution is 2.02. The quantitative estimate of drug-likeness (QED) is 0.686. The molecule has 0 rings (SSSR count). The molecule has 0 fully saturated rings. The van der Waals surface area contributed by atoms with Crippen molar-refractivity contribution in [1.82, 2.24) is 5.32 Å². The first-order valence-corrected chi connectivity index (χ1v) is 5.35. The largest absolute Gasteiger partial charge is 0.356 e. The molecule has 3 heteroatoms. The molecule has 1 N–H and O–H groups in total. The van der Waals surface area contributed by atoms with Gasteiger partial charge in [-0.05, 0) is 17.9 Å². The number of carbonyl (C=O) groups excluding carboxylic acids is 1. The molecule has 0 heterocycles. The van der Waals surface area contributed by atoms with E-state index in [2.05, 4.69) is 18.5 Å². The van der Waals surface area contributed by atoms with Gasteiger partial charge in [0, 0.05) is 13.0 Å². The first-order valence-electron chi connectivity index (χ1n) is 3.96. The van der Waals surface area contributed by atoms with Crippen molar-refractivity contribution in [3.8, 4) is 0 Å². The third-order valence-electron chi connectivity index (χ3n) is 1.42. The zero-order chi connectivity index (χ0) is 8.69. The minimum atomic E-state index is 0.151.